The molecule has 1 unspecified atom stereocenters. The first kappa shape index (κ1) is 23.2. The predicted octanol–water partition coefficient (Wildman–Crippen LogP) is 2.63. The van der Waals surface area contributed by atoms with Gasteiger partial charge in [0.25, 0.3) is 0 Å². The molecule has 4 N–H and O–H groups in total. The molecule has 0 radical (unpaired) electrons. The minimum absolute atomic E-state index is 0.187. The van der Waals surface area contributed by atoms with Crippen molar-refractivity contribution in [3.63, 3.8) is 0 Å². The van der Waals surface area contributed by atoms with Crippen LogP contribution in [0.1, 0.15) is 76.6 Å². The van der Waals surface area contributed by atoms with E-state index in [0.29, 0.717) is 12.8 Å². The molecule has 0 aliphatic carbocycles. The number of carboxylic acid groups (broad SMARTS) is 1. The Kier molecular flexibility index (Phi) is 9.59. The van der Waals surface area contributed by atoms with E-state index in [1.807, 2.05) is 32.9 Å². The predicted molar refractivity (Wildman–Crippen MR) is 106 cm³/mol. The molecular weight excluding hydrogens is 366 g/mol. The van der Waals surface area contributed by atoms with Crippen molar-refractivity contribution in [1.82, 2.24) is 9.71 Å². The Balaban J connectivity index is 2.68. The highest BCUT2D eigenvalue weighted by Gasteiger charge is 2.24. The Morgan fingerprint density at radius 2 is 1.93 bits per heavy atom. The number of hydrogen-bond acceptors (Lipinski definition) is 4. The number of pyridine rings is 1. The maximum absolute atomic E-state index is 12.4. The monoisotopic (exact) mass is 397 g/mol. The molecule has 0 aliphatic rings. The second kappa shape index (κ2) is 11.1. The Morgan fingerprint density at radius 3 is 2.44 bits per heavy atom. The van der Waals surface area contributed by atoms with Gasteiger partial charge in [0.2, 0.25) is 5.91 Å². The zero-order valence-electron chi connectivity index (χ0n) is 16.4. The lowest BCUT2D eigenvalue weighted by atomic mass is 10.0. The highest BCUT2D eigenvalue weighted by Crippen LogP contribution is 2.21. The molecule has 1 amide bonds. The van der Waals surface area contributed by atoms with Crippen LogP contribution in [-0.4, -0.2) is 30.9 Å². The molecule has 0 saturated heterocycles. The van der Waals surface area contributed by atoms with E-state index < -0.39 is 27.6 Å². The molecule has 7 nitrogen and oxygen atoms in total. The summed E-state index contributed by atoms with van der Waals surface area (Å²) in [4.78, 5) is 26.1. The van der Waals surface area contributed by atoms with Gasteiger partial charge in [-0.1, -0.05) is 12.5 Å². The summed E-state index contributed by atoms with van der Waals surface area (Å²) in [5, 5.41) is 8.64. The first-order valence-corrected chi connectivity index (χ1v) is 10.4. The summed E-state index contributed by atoms with van der Waals surface area (Å²) in [6.45, 7) is 5.63. The normalized spacial score (nSPS) is 13.9. The van der Waals surface area contributed by atoms with Gasteiger partial charge in [0.1, 0.15) is 0 Å². The topological polar surface area (TPSA) is 122 Å². The van der Waals surface area contributed by atoms with Crippen LogP contribution in [0, 0.1) is 0 Å². The van der Waals surface area contributed by atoms with Crippen molar-refractivity contribution in [1.29, 1.82) is 0 Å². The Labute approximate surface area is 163 Å². The molecular formula is C19H31N3O4S. The van der Waals surface area contributed by atoms with Crippen molar-refractivity contribution in [3.05, 3.63) is 29.6 Å². The van der Waals surface area contributed by atoms with Gasteiger partial charge >= 0.3 is 5.97 Å². The minimum Gasteiger partial charge on any atom is -0.481 e. The third-order valence-electron chi connectivity index (χ3n) is 4.05. The largest absolute Gasteiger partial charge is 0.481 e. The fraction of sp³-hybridized carbons (Fsp3) is 0.632. The van der Waals surface area contributed by atoms with Crippen LogP contribution in [0.4, 0.5) is 0 Å². The summed E-state index contributed by atoms with van der Waals surface area (Å²) < 4.78 is 15.1. The number of nitrogens with one attached hydrogen (secondary N) is 1. The first-order valence-electron chi connectivity index (χ1n) is 9.22. The number of amides is 1. The molecule has 0 aromatic carbocycles. The third-order valence-corrected chi connectivity index (χ3v) is 5.66. The number of unbranched alkanes of at least 4 members (excludes halogenated alkanes) is 2. The third kappa shape index (κ3) is 9.63. The van der Waals surface area contributed by atoms with Crippen LogP contribution >= 0.6 is 0 Å². The lowest BCUT2D eigenvalue weighted by molar-refractivity contribution is -0.137. The molecule has 0 saturated carbocycles. The van der Waals surface area contributed by atoms with Crippen LogP contribution in [0.5, 0.6) is 0 Å². The lowest BCUT2D eigenvalue weighted by Gasteiger charge is -2.24. The summed E-state index contributed by atoms with van der Waals surface area (Å²) in [6.07, 6.45) is 5.89. The van der Waals surface area contributed by atoms with Gasteiger partial charge < -0.3 is 10.8 Å². The van der Waals surface area contributed by atoms with Crippen molar-refractivity contribution in [2.45, 2.75) is 76.5 Å². The van der Waals surface area contributed by atoms with Crippen molar-refractivity contribution in [2.75, 3.05) is 0 Å². The van der Waals surface area contributed by atoms with E-state index in [4.69, 9.17) is 10.8 Å². The number of aryl methyl sites for hydroxylation is 1. The van der Waals surface area contributed by atoms with Gasteiger partial charge in [0.15, 0.2) is 0 Å². The first-order chi connectivity index (χ1) is 12.6. The number of primary amides is 1. The number of hydrogen-bond donors (Lipinski definition) is 3. The highest BCUT2D eigenvalue weighted by molar-refractivity contribution is 7.84. The highest BCUT2D eigenvalue weighted by atomic mass is 32.2. The summed E-state index contributed by atoms with van der Waals surface area (Å²) in [7, 11) is -1.29. The van der Waals surface area contributed by atoms with Gasteiger partial charge in [-0.3, -0.25) is 14.6 Å². The molecule has 8 heteroatoms. The van der Waals surface area contributed by atoms with Crippen molar-refractivity contribution < 1.29 is 18.9 Å². The molecule has 1 heterocycles. The molecule has 2 atom stereocenters. The number of carbonyl (C=O) groups is 2. The number of aliphatic carboxylic acids is 1. The lowest BCUT2D eigenvalue weighted by Crippen LogP contribution is -2.36. The molecule has 152 valence electrons. The molecule has 0 bridgehead atoms. The van der Waals surface area contributed by atoms with E-state index >= 15 is 0 Å². The van der Waals surface area contributed by atoms with Crippen LogP contribution in [0.2, 0.25) is 0 Å². The van der Waals surface area contributed by atoms with E-state index in [2.05, 4.69) is 9.71 Å². The Morgan fingerprint density at radius 1 is 1.22 bits per heavy atom. The molecule has 1 aromatic heterocycles. The molecule has 0 aliphatic heterocycles. The SMILES string of the molecule is CC(C)(C)S(=O)N[C@@H](CCC(N)=O)c1ccc(CCCCCC(=O)O)cn1. The summed E-state index contributed by atoms with van der Waals surface area (Å²) in [6, 6.07) is 3.53. The van der Waals surface area contributed by atoms with Crippen LogP contribution in [0.15, 0.2) is 18.3 Å². The van der Waals surface area contributed by atoms with E-state index in [9.17, 15) is 13.8 Å². The number of carboxylic acids is 1. The van der Waals surface area contributed by atoms with Crippen LogP contribution in [-0.2, 0) is 27.0 Å². The van der Waals surface area contributed by atoms with Gasteiger partial charge in [-0.2, -0.15) is 0 Å². The van der Waals surface area contributed by atoms with Gasteiger partial charge in [-0.05, 0) is 58.1 Å². The fourth-order valence-corrected chi connectivity index (χ4v) is 3.28. The molecule has 27 heavy (non-hydrogen) atoms. The average Bonchev–Trinajstić information content (AvgIpc) is 2.57. The van der Waals surface area contributed by atoms with Gasteiger partial charge in [0.05, 0.1) is 27.5 Å². The zero-order chi connectivity index (χ0) is 20.4. The Hall–Kier alpha value is -1.80. The van der Waals surface area contributed by atoms with Crippen LogP contribution in [0.3, 0.4) is 0 Å². The van der Waals surface area contributed by atoms with Crippen molar-refractivity contribution >= 4 is 22.9 Å². The zero-order valence-corrected chi connectivity index (χ0v) is 17.2. The standard InChI is InChI=1S/C19H31N3O4S/c1-19(2,3)27(26)22-16(11-12-17(20)23)15-10-9-14(13-21-15)7-5-4-6-8-18(24)25/h9-10,13,16,22H,4-8,11-12H2,1-3H3,(H2,20,23)(H,24,25)/t16-,27?/m0/s1. The second-order valence-corrected chi connectivity index (χ2v) is 9.60. The molecule has 1 aromatic rings. The number of nitrogens with two attached hydrogens (primary N) is 1. The maximum atomic E-state index is 12.4. The van der Waals surface area contributed by atoms with E-state index in [-0.39, 0.29) is 18.9 Å². The Bertz CT molecular complexity index is 641. The second-order valence-electron chi connectivity index (χ2n) is 7.60. The van der Waals surface area contributed by atoms with Gasteiger partial charge in [0, 0.05) is 19.0 Å². The average molecular weight is 398 g/mol. The van der Waals surface area contributed by atoms with E-state index in [0.717, 1.165) is 30.5 Å². The van der Waals surface area contributed by atoms with Crippen molar-refractivity contribution in [3.8, 4) is 0 Å². The molecule has 0 spiro atoms. The summed E-state index contributed by atoms with van der Waals surface area (Å²) in [5.41, 5.74) is 7.05. The maximum Gasteiger partial charge on any atom is 0.303 e. The van der Waals surface area contributed by atoms with Crippen LogP contribution in [0.25, 0.3) is 0 Å². The smallest absolute Gasteiger partial charge is 0.303 e. The molecule has 0 fully saturated rings. The summed E-state index contributed by atoms with van der Waals surface area (Å²) in [5.74, 6) is -1.16. The number of aromatic nitrogens is 1. The minimum atomic E-state index is -1.29. The number of carbonyl (C=O) groups excluding carboxylic acids is 1. The van der Waals surface area contributed by atoms with Crippen molar-refractivity contribution in [2.24, 2.45) is 5.73 Å². The number of nitrogens with zero attached hydrogens (tertiary/aromatic N) is 1. The fourth-order valence-electron chi connectivity index (χ4n) is 2.43. The van der Waals surface area contributed by atoms with E-state index in [1.165, 1.54) is 0 Å². The van der Waals surface area contributed by atoms with Gasteiger partial charge in [-0.15, -0.1) is 0 Å². The van der Waals surface area contributed by atoms with E-state index in [1.54, 1.807) is 6.20 Å². The van der Waals surface area contributed by atoms with Gasteiger partial charge in [-0.25, -0.2) is 8.93 Å². The molecule has 1 rings (SSSR count). The van der Waals surface area contributed by atoms with Crippen LogP contribution < -0.4 is 10.5 Å². The summed E-state index contributed by atoms with van der Waals surface area (Å²) >= 11 is 0. The number of rotatable bonds is 12. The quantitative estimate of drug-likeness (QED) is 0.468.